The third kappa shape index (κ3) is 2.88. The summed E-state index contributed by atoms with van der Waals surface area (Å²) in [6.07, 6.45) is 2.25. The Morgan fingerprint density at radius 3 is 2.94 bits per heavy atom. The Hall–Kier alpha value is -1.40. The average Bonchev–Trinajstić information content (AvgIpc) is 2.80. The lowest BCUT2D eigenvalue weighted by Crippen LogP contribution is -1.94. The highest BCUT2D eigenvalue weighted by molar-refractivity contribution is 9.10. The van der Waals surface area contributed by atoms with E-state index in [4.69, 9.17) is 5.11 Å². The number of thiazole rings is 1. The van der Waals surface area contributed by atoms with Gasteiger partial charge in [0, 0.05) is 10.2 Å². The Morgan fingerprint density at radius 1 is 1.56 bits per heavy atom. The van der Waals surface area contributed by atoms with Crippen LogP contribution >= 0.6 is 27.3 Å². The number of nitrogens with one attached hydrogen (secondary N) is 1. The number of aromatic nitrogens is 1. The van der Waals surface area contributed by atoms with Gasteiger partial charge in [-0.15, -0.1) is 0 Å². The van der Waals surface area contributed by atoms with Crippen molar-refractivity contribution in [1.29, 1.82) is 0 Å². The van der Waals surface area contributed by atoms with Crippen LogP contribution in [0.4, 0.5) is 10.8 Å². The number of aromatic carboxylic acids is 1. The molecule has 2 rings (SSSR count). The Kier molecular flexibility index (Phi) is 3.98. The molecule has 94 valence electrons. The molecule has 0 aliphatic rings. The lowest BCUT2D eigenvalue weighted by Gasteiger charge is -2.08. The predicted octanol–water partition coefficient (Wildman–Crippen LogP) is 3.91. The summed E-state index contributed by atoms with van der Waals surface area (Å²) in [6, 6.07) is 5.92. The predicted molar refractivity (Wildman–Crippen MR) is 75.9 cm³/mol. The molecule has 0 spiro atoms. The van der Waals surface area contributed by atoms with E-state index in [1.807, 2.05) is 18.2 Å². The highest BCUT2D eigenvalue weighted by Gasteiger charge is 2.09. The summed E-state index contributed by atoms with van der Waals surface area (Å²) < 4.78 is 1.02. The molecular formula is C12H11BrN2O2S. The van der Waals surface area contributed by atoms with E-state index in [1.165, 1.54) is 6.20 Å². The van der Waals surface area contributed by atoms with E-state index in [1.54, 1.807) is 0 Å². The number of carboxylic acid groups (broad SMARTS) is 1. The quantitative estimate of drug-likeness (QED) is 0.894. The second-order valence-electron chi connectivity index (χ2n) is 3.61. The molecule has 0 fully saturated rings. The maximum Gasteiger partial charge on any atom is 0.347 e. The van der Waals surface area contributed by atoms with E-state index >= 15 is 0 Å². The molecule has 2 N–H and O–H groups in total. The fourth-order valence-corrected chi connectivity index (χ4v) is 2.60. The first kappa shape index (κ1) is 13.0. The largest absolute Gasteiger partial charge is 0.477 e. The Balaban J connectivity index is 2.25. The number of hydrogen-bond donors (Lipinski definition) is 2. The molecule has 0 saturated heterocycles. The fraction of sp³-hybridized carbons (Fsp3) is 0.167. The summed E-state index contributed by atoms with van der Waals surface area (Å²) in [7, 11) is 0. The summed E-state index contributed by atoms with van der Waals surface area (Å²) in [5.41, 5.74) is 2.10. The van der Waals surface area contributed by atoms with Crippen LogP contribution in [0.3, 0.4) is 0 Å². The van der Waals surface area contributed by atoms with Gasteiger partial charge in [-0.1, -0.05) is 34.2 Å². The molecule has 0 aliphatic heterocycles. The van der Waals surface area contributed by atoms with E-state index < -0.39 is 5.97 Å². The summed E-state index contributed by atoms with van der Waals surface area (Å²) in [5, 5.41) is 12.6. The highest BCUT2D eigenvalue weighted by atomic mass is 79.9. The van der Waals surface area contributed by atoms with Crippen molar-refractivity contribution < 1.29 is 9.90 Å². The molecule has 0 aliphatic carbocycles. The molecule has 6 heteroatoms. The number of rotatable bonds is 4. The fourth-order valence-electron chi connectivity index (χ4n) is 1.52. The zero-order chi connectivity index (χ0) is 13.1. The summed E-state index contributed by atoms with van der Waals surface area (Å²) in [4.78, 5) is 15.0. The number of nitrogens with zero attached hydrogens (tertiary/aromatic N) is 1. The van der Waals surface area contributed by atoms with Gasteiger partial charge in [-0.3, -0.25) is 0 Å². The first-order valence-corrected chi connectivity index (χ1v) is 6.95. The minimum absolute atomic E-state index is 0.229. The van der Waals surface area contributed by atoms with Crippen molar-refractivity contribution in [1.82, 2.24) is 4.98 Å². The average molecular weight is 327 g/mol. The second kappa shape index (κ2) is 5.49. The molecule has 2 aromatic rings. The topological polar surface area (TPSA) is 62.2 Å². The molecule has 1 aromatic carbocycles. The summed E-state index contributed by atoms with van der Waals surface area (Å²) in [6.45, 7) is 2.07. The van der Waals surface area contributed by atoms with Crippen LogP contribution in [0.15, 0.2) is 28.9 Å². The van der Waals surface area contributed by atoms with Gasteiger partial charge in [-0.2, -0.15) is 0 Å². The number of halogens is 1. The second-order valence-corrected chi connectivity index (χ2v) is 5.56. The van der Waals surface area contributed by atoms with E-state index in [9.17, 15) is 4.79 Å². The van der Waals surface area contributed by atoms with Gasteiger partial charge in [0.2, 0.25) is 0 Å². The van der Waals surface area contributed by atoms with Crippen molar-refractivity contribution in [3.63, 3.8) is 0 Å². The lowest BCUT2D eigenvalue weighted by atomic mass is 10.1. The van der Waals surface area contributed by atoms with Crippen LogP contribution < -0.4 is 5.32 Å². The normalized spacial score (nSPS) is 10.3. The van der Waals surface area contributed by atoms with Gasteiger partial charge in [0.15, 0.2) is 5.13 Å². The van der Waals surface area contributed by atoms with Crippen molar-refractivity contribution in [3.05, 3.63) is 39.3 Å². The molecule has 0 unspecified atom stereocenters. The summed E-state index contributed by atoms with van der Waals surface area (Å²) >= 11 is 4.55. The SMILES string of the molecule is CCc1cc(Br)ccc1Nc1ncc(C(=O)O)s1. The van der Waals surface area contributed by atoms with Gasteiger partial charge in [0.25, 0.3) is 0 Å². The number of hydrogen-bond acceptors (Lipinski definition) is 4. The zero-order valence-electron chi connectivity index (χ0n) is 9.61. The van der Waals surface area contributed by atoms with Crippen LogP contribution in [-0.4, -0.2) is 16.1 Å². The van der Waals surface area contributed by atoms with Crippen LogP contribution in [0.1, 0.15) is 22.2 Å². The highest BCUT2D eigenvalue weighted by Crippen LogP contribution is 2.27. The van der Waals surface area contributed by atoms with Crippen LogP contribution in [-0.2, 0) is 6.42 Å². The van der Waals surface area contributed by atoms with Crippen molar-refractivity contribution >= 4 is 44.1 Å². The standard InChI is InChI=1S/C12H11BrN2O2S/c1-2-7-5-8(13)3-4-9(7)15-12-14-6-10(18-12)11(16)17/h3-6H,2H2,1H3,(H,14,15)(H,16,17). The molecule has 4 nitrogen and oxygen atoms in total. The third-order valence-electron chi connectivity index (χ3n) is 2.41. The van der Waals surface area contributed by atoms with Crippen LogP contribution in [0.5, 0.6) is 0 Å². The monoisotopic (exact) mass is 326 g/mol. The number of anilines is 2. The first-order chi connectivity index (χ1) is 8.60. The van der Waals surface area contributed by atoms with E-state index in [0.717, 1.165) is 33.5 Å². The van der Waals surface area contributed by atoms with Gasteiger partial charge in [-0.25, -0.2) is 9.78 Å². The number of aryl methyl sites for hydroxylation is 1. The Bertz CT molecular complexity index is 583. The van der Waals surface area contributed by atoms with Crippen molar-refractivity contribution in [2.75, 3.05) is 5.32 Å². The molecule has 0 bridgehead atoms. The van der Waals surface area contributed by atoms with Crippen molar-refractivity contribution in [2.45, 2.75) is 13.3 Å². The van der Waals surface area contributed by atoms with Crippen molar-refractivity contribution in [2.24, 2.45) is 0 Å². The molecule has 0 amide bonds. The van der Waals surface area contributed by atoms with E-state index in [0.29, 0.717) is 5.13 Å². The zero-order valence-corrected chi connectivity index (χ0v) is 12.0. The van der Waals surface area contributed by atoms with Crippen LogP contribution in [0, 0.1) is 0 Å². The van der Waals surface area contributed by atoms with Crippen molar-refractivity contribution in [3.8, 4) is 0 Å². The van der Waals surface area contributed by atoms with E-state index in [2.05, 4.69) is 33.2 Å². The third-order valence-corrected chi connectivity index (χ3v) is 3.80. The van der Waals surface area contributed by atoms with Gasteiger partial charge in [0.1, 0.15) is 4.88 Å². The molecular weight excluding hydrogens is 316 g/mol. The van der Waals surface area contributed by atoms with Gasteiger partial charge in [0.05, 0.1) is 6.20 Å². The number of benzene rings is 1. The van der Waals surface area contributed by atoms with Crippen LogP contribution in [0.25, 0.3) is 0 Å². The molecule has 0 radical (unpaired) electrons. The molecule has 0 atom stereocenters. The summed E-state index contributed by atoms with van der Waals surface area (Å²) in [5.74, 6) is -0.952. The Labute approximate surface area is 117 Å². The smallest absolute Gasteiger partial charge is 0.347 e. The minimum Gasteiger partial charge on any atom is -0.477 e. The van der Waals surface area contributed by atoms with E-state index in [-0.39, 0.29) is 4.88 Å². The first-order valence-electron chi connectivity index (χ1n) is 5.34. The van der Waals surface area contributed by atoms with Gasteiger partial charge in [-0.05, 0) is 30.2 Å². The molecule has 1 heterocycles. The number of carbonyl (C=O) groups is 1. The minimum atomic E-state index is -0.952. The van der Waals surface area contributed by atoms with Crippen LogP contribution in [0.2, 0.25) is 0 Å². The van der Waals surface area contributed by atoms with Gasteiger partial charge >= 0.3 is 5.97 Å². The van der Waals surface area contributed by atoms with Gasteiger partial charge < -0.3 is 10.4 Å². The molecule has 1 aromatic heterocycles. The maximum atomic E-state index is 10.8. The number of carboxylic acids is 1. The molecule has 18 heavy (non-hydrogen) atoms. The lowest BCUT2D eigenvalue weighted by molar-refractivity contribution is 0.0702. The maximum absolute atomic E-state index is 10.8. The Morgan fingerprint density at radius 2 is 2.33 bits per heavy atom. The molecule has 0 saturated carbocycles.